The number of carbonyl (C=O) groups is 1. The van der Waals surface area contributed by atoms with Crippen molar-refractivity contribution in [3.05, 3.63) is 11.8 Å². The zero-order valence-corrected chi connectivity index (χ0v) is 12.3. The molecule has 1 aliphatic rings. The van der Waals surface area contributed by atoms with Crippen LogP contribution in [0, 0.1) is 0 Å². The van der Waals surface area contributed by atoms with Gasteiger partial charge < -0.3 is 9.64 Å². The third kappa shape index (κ3) is 3.61. The van der Waals surface area contributed by atoms with Gasteiger partial charge in [-0.25, -0.2) is 4.79 Å². The molecule has 0 atom stereocenters. The Hall–Kier alpha value is -1.12. The van der Waals surface area contributed by atoms with Gasteiger partial charge in [0.05, 0.1) is 12.3 Å². The third-order valence-electron chi connectivity index (χ3n) is 3.06. The zero-order chi connectivity index (χ0) is 17.2. The van der Waals surface area contributed by atoms with Crippen LogP contribution >= 0.6 is 11.6 Å². The van der Waals surface area contributed by atoms with Crippen molar-refractivity contribution in [2.75, 3.05) is 19.7 Å². The maximum absolute atomic E-state index is 14.0. The van der Waals surface area contributed by atoms with Crippen molar-refractivity contribution in [3.63, 3.8) is 0 Å². The normalized spacial score (nSPS) is 17.8. The summed E-state index contributed by atoms with van der Waals surface area (Å²) in [6.07, 6.45) is 0.920. The molecule has 0 bridgehead atoms. The van der Waals surface area contributed by atoms with Crippen LogP contribution in [-0.2, 0) is 9.53 Å². The minimum absolute atomic E-state index is 0.0647. The highest BCUT2D eigenvalue weighted by molar-refractivity contribution is 6.22. The van der Waals surface area contributed by atoms with Gasteiger partial charge in [-0.3, -0.25) is 0 Å². The largest absolute Gasteiger partial charge is 0.463 e. The highest BCUT2D eigenvalue weighted by Gasteiger charge is 2.73. The van der Waals surface area contributed by atoms with Gasteiger partial charge >= 0.3 is 23.2 Å². The lowest BCUT2D eigenvalue weighted by atomic mass is 10.1. The van der Waals surface area contributed by atoms with Crippen molar-refractivity contribution in [1.29, 1.82) is 0 Å². The highest BCUT2D eigenvalue weighted by Crippen LogP contribution is 2.51. The van der Waals surface area contributed by atoms with Gasteiger partial charge in [-0.05, 0) is 31.4 Å². The second-order valence-corrected chi connectivity index (χ2v) is 5.10. The third-order valence-corrected chi connectivity index (χ3v) is 3.30. The Bertz CT molecular complexity index is 443. The Morgan fingerprint density at radius 2 is 1.68 bits per heavy atom. The summed E-state index contributed by atoms with van der Waals surface area (Å²) in [4.78, 5) is 12.1. The van der Waals surface area contributed by atoms with Crippen LogP contribution < -0.4 is 0 Å². The second-order valence-electron chi connectivity index (χ2n) is 4.62. The van der Waals surface area contributed by atoms with Crippen LogP contribution in [0.2, 0.25) is 0 Å². The SMILES string of the molecule is CCOC(=O)/C=C(/N1CCCC1)C(F)(F)C(F)(F)C(F)(F)Cl. The molecule has 0 amide bonds. The zero-order valence-electron chi connectivity index (χ0n) is 11.5. The van der Waals surface area contributed by atoms with E-state index in [1.54, 1.807) is 0 Å². The summed E-state index contributed by atoms with van der Waals surface area (Å²) in [5.41, 5.74) is -1.52. The van der Waals surface area contributed by atoms with Crippen LogP contribution in [0.5, 0.6) is 0 Å². The van der Waals surface area contributed by atoms with E-state index in [2.05, 4.69) is 16.3 Å². The van der Waals surface area contributed by atoms with Gasteiger partial charge in [0, 0.05) is 19.2 Å². The van der Waals surface area contributed by atoms with E-state index < -0.39 is 28.9 Å². The van der Waals surface area contributed by atoms with E-state index in [0.29, 0.717) is 12.8 Å². The van der Waals surface area contributed by atoms with Crippen LogP contribution in [-0.4, -0.2) is 47.8 Å². The molecule has 0 aromatic carbocycles. The highest BCUT2D eigenvalue weighted by atomic mass is 35.5. The lowest BCUT2D eigenvalue weighted by Crippen LogP contribution is -2.55. The number of nitrogens with zero attached hydrogens (tertiary/aromatic N) is 1. The Balaban J connectivity index is 3.27. The number of rotatable bonds is 6. The number of carbonyl (C=O) groups excluding carboxylic acids is 1. The molecule has 1 heterocycles. The van der Waals surface area contributed by atoms with E-state index in [9.17, 15) is 31.1 Å². The molecule has 1 aliphatic heterocycles. The van der Waals surface area contributed by atoms with Gasteiger partial charge in [-0.15, -0.1) is 0 Å². The summed E-state index contributed by atoms with van der Waals surface area (Å²) in [6.45, 7) is 1.06. The maximum Gasteiger partial charge on any atom is 0.392 e. The fourth-order valence-electron chi connectivity index (χ4n) is 1.97. The van der Waals surface area contributed by atoms with Gasteiger partial charge in [0.1, 0.15) is 0 Å². The molecule has 0 spiro atoms. The molecule has 0 aliphatic carbocycles. The number of hydrogen-bond acceptors (Lipinski definition) is 3. The number of halogens is 7. The number of hydrogen-bond donors (Lipinski definition) is 0. The number of likely N-dealkylation sites (tertiary alicyclic amines) is 1. The molecule has 22 heavy (non-hydrogen) atoms. The molecule has 0 aromatic heterocycles. The Morgan fingerprint density at radius 3 is 2.09 bits per heavy atom. The molecule has 0 saturated carbocycles. The van der Waals surface area contributed by atoms with Gasteiger partial charge in [-0.1, -0.05) is 0 Å². The molecule has 0 unspecified atom stereocenters. The molecule has 0 N–H and O–H groups in total. The summed E-state index contributed by atoms with van der Waals surface area (Å²) in [5.74, 6) is -12.5. The first-order valence-electron chi connectivity index (χ1n) is 6.41. The number of esters is 1. The lowest BCUT2D eigenvalue weighted by molar-refractivity contribution is -0.269. The molecule has 128 valence electrons. The van der Waals surface area contributed by atoms with Gasteiger partial charge in [-0.2, -0.15) is 26.3 Å². The molecule has 3 nitrogen and oxygen atoms in total. The van der Waals surface area contributed by atoms with Crippen molar-refractivity contribution in [2.45, 2.75) is 37.0 Å². The molecule has 1 saturated heterocycles. The van der Waals surface area contributed by atoms with Crippen molar-refractivity contribution >= 4 is 17.6 Å². The Kier molecular flexibility index (Phi) is 5.64. The first kappa shape index (κ1) is 18.9. The second kappa shape index (κ2) is 6.55. The minimum atomic E-state index is -5.87. The van der Waals surface area contributed by atoms with Crippen LogP contribution in [0.25, 0.3) is 0 Å². The molecule has 10 heteroatoms. The maximum atomic E-state index is 14.0. The molecule has 0 radical (unpaired) electrons. The topological polar surface area (TPSA) is 29.5 Å². The van der Waals surface area contributed by atoms with Crippen molar-refractivity contribution in [3.8, 4) is 0 Å². The van der Waals surface area contributed by atoms with E-state index in [-0.39, 0.29) is 25.8 Å². The summed E-state index contributed by atoms with van der Waals surface area (Å²) < 4.78 is 84.5. The molecule has 1 fully saturated rings. The van der Waals surface area contributed by atoms with Crippen LogP contribution in [0.3, 0.4) is 0 Å². The van der Waals surface area contributed by atoms with Crippen molar-refractivity contribution in [2.24, 2.45) is 0 Å². The summed E-state index contributed by atoms with van der Waals surface area (Å²) >= 11 is 4.13. The summed E-state index contributed by atoms with van der Waals surface area (Å²) in [5, 5.41) is -5.48. The predicted octanol–water partition coefficient (Wildman–Crippen LogP) is 3.63. The van der Waals surface area contributed by atoms with E-state index in [4.69, 9.17) is 0 Å². The van der Waals surface area contributed by atoms with Crippen molar-refractivity contribution in [1.82, 2.24) is 4.90 Å². The van der Waals surface area contributed by atoms with Gasteiger partial charge in [0.2, 0.25) is 0 Å². The van der Waals surface area contributed by atoms with E-state index in [1.807, 2.05) is 0 Å². The standard InChI is InChI=1S/C12H14ClF6NO2/c1-2-22-9(21)7-8(20-5-3-4-6-20)10(14,15)11(16,17)12(13,18)19/h7H,2-6H2,1H3/b8-7+. The number of alkyl halides is 7. The monoisotopic (exact) mass is 353 g/mol. The van der Waals surface area contributed by atoms with Crippen LogP contribution in [0.4, 0.5) is 26.3 Å². The lowest BCUT2D eigenvalue weighted by Gasteiger charge is -2.34. The summed E-state index contributed by atoms with van der Waals surface area (Å²) in [6, 6.07) is 0. The Morgan fingerprint density at radius 1 is 1.18 bits per heavy atom. The van der Waals surface area contributed by atoms with E-state index >= 15 is 0 Å². The molecular weight excluding hydrogens is 340 g/mol. The predicted molar refractivity (Wildman–Crippen MR) is 66.2 cm³/mol. The number of allylic oxidation sites excluding steroid dienone is 1. The fraction of sp³-hybridized carbons (Fsp3) is 0.750. The first-order chi connectivity index (χ1) is 9.95. The fourth-order valence-corrected chi connectivity index (χ4v) is 2.09. The van der Waals surface area contributed by atoms with Crippen LogP contribution in [0.15, 0.2) is 11.8 Å². The van der Waals surface area contributed by atoms with Gasteiger partial charge in [0.15, 0.2) is 0 Å². The van der Waals surface area contributed by atoms with E-state index in [1.165, 1.54) is 6.92 Å². The Labute approximate surface area is 127 Å². The smallest absolute Gasteiger partial charge is 0.392 e. The van der Waals surface area contributed by atoms with Crippen molar-refractivity contribution < 1.29 is 35.9 Å². The van der Waals surface area contributed by atoms with E-state index in [0.717, 1.165) is 4.90 Å². The minimum Gasteiger partial charge on any atom is -0.463 e. The summed E-state index contributed by atoms with van der Waals surface area (Å²) in [7, 11) is 0. The van der Waals surface area contributed by atoms with Gasteiger partial charge in [0.25, 0.3) is 0 Å². The van der Waals surface area contributed by atoms with Crippen LogP contribution in [0.1, 0.15) is 19.8 Å². The average molecular weight is 354 g/mol. The molecule has 0 aromatic rings. The first-order valence-corrected chi connectivity index (χ1v) is 6.79. The average Bonchev–Trinajstić information content (AvgIpc) is 2.88. The number of ether oxygens (including phenoxy) is 1. The molecule has 1 rings (SSSR count). The quantitative estimate of drug-likeness (QED) is 0.316. The molecular formula is C12H14ClF6NO2.